The Kier molecular flexibility index (Phi) is 7.62. The highest BCUT2D eigenvalue weighted by Crippen LogP contribution is 2.42. The second-order valence-electron chi connectivity index (χ2n) is 9.11. The van der Waals surface area contributed by atoms with Crippen molar-refractivity contribution in [1.82, 2.24) is 5.32 Å². The molecule has 0 fully saturated rings. The van der Waals surface area contributed by atoms with Gasteiger partial charge in [0, 0.05) is 17.0 Å². The number of hydrogen-bond acceptors (Lipinski definition) is 4. The number of ether oxygens (including phenoxy) is 1. The Morgan fingerprint density at radius 2 is 1.72 bits per heavy atom. The molecule has 3 aromatic rings. The zero-order chi connectivity index (χ0) is 25.9. The molecular weight excluding hydrogens is 496 g/mol. The number of sulfonamides is 1. The lowest BCUT2D eigenvalue weighted by Crippen LogP contribution is -2.47. The van der Waals surface area contributed by atoms with Gasteiger partial charge in [-0.3, -0.25) is 9.10 Å². The van der Waals surface area contributed by atoms with Crippen molar-refractivity contribution in [3.63, 3.8) is 0 Å². The first-order chi connectivity index (χ1) is 17.2. The maximum Gasteiger partial charge on any atom is 0.264 e. The Morgan fingerprint density at radius 3 is 2.39 bits per heavy atom. The fourth-order valence-corrected chi connectivity index (χ4v) is 6.18. The summed E-state index contributed by atoms with van der Waals surface area (Å²) in [4.78, 5) is 13.5. The molecule has 1 aliphatic heterocycles. The van der Waals surface area contributed by atoms with Crippen molar-refractivity contribution in [3.8, 4) is 5.75 Å². The van der Waals surface area contributed by atoms with Crippen molar-refractivity contribution < 1.29 is 17.9 Å². The Balaban J connectivity index is 1.66. The van der Waals surface area contributed by atoms with Crippen LogP contribution in [0.1, 0.15) is 50.3 Å². The van der Waals surface area contributed by atoms with Crippen molar-refractivity contribution in [2.75, 3.05) is 10.8 Å². The first-order valence-electron chi connectivity index (χ1n) is 12.1. The summed E-state index contributed by atoms with van der Waals surface area (Å²) < 4.78 is 34.7. The molecule has 6 nitrogen and oxygen atoms in total. The first-order valence-corrected chi connectivity index (χ1v) is 13.9. The number of carbonyl (C=O) groups is 1. The smallest absolute Gasteiger partial charge is 0.264 e. The second kappa shape index (κ2) is 10.5. The van der Waals surface area contributed by atoms with Gasteiger partial charge < -0.3 is 10.1 Å². The van der Waals surface area contributed by atoms with Crippen LogP contribution in [0.3, 0.4) is 0 Å². The lowest BCUT2D eigenvalue weighted by molar-refractivity contribution is -0.121. The van der Waals surface area contributed by atoms with Crippen molar-refractivity contribution in [2.24, 2.45) is 0 Å². The molecule has 1 aliphatic rings. The minimum atomic E-state index is -4.02. The van der Waals surface area contributed by atoms with E-state index >= 15 is 0 Å². The summed E-state index contributed by atoms with van der Waals surface area (Å²) in [6, 6.07) is 20.4. The third kappa shape index (κ3) is 5.22. The van der Waals surface area contributed by atoms with Crippen molar-refractivity contribution >= 4 is 33.2 Å². The van der Waals surface area contributed by atoms with Crippen LogP contribution in [-0.2, 0) is 14.8 Å². The molecule has 0 aliphatic carbocycles. The number of anilines is 1. The summed E-state index contributed by atoms with van der Waals surface area (Å²) in [5.74, 6) is 0.339. The summed E-state index contributed by atoms with van der Waals surface area (Å²) in [7, 11) is -4.02. The van der Waals surface area contributed by atoms with Crippen LogP contribution in [0.2, 0.25) is 5.02 Å². The van der Waals surface area contributed by atoms with Gasteiger partial charge >= 0.3 is 0 Å². The fraction of sp³-hybridized carbons (Fsp3) is 0.321. The van der Waals surface area contributed by atoms with Crippen LogP contribution in [0.25, 0.3) is 0 Å². The average molecular weight is 527 g/mol. The van der Waals surface area contributed by atoms with Gasteiger partial charge in [-0.15, -0.1) is 0 Å². The highest BCUT2D eigenvalue weighted by atomic mass is 35.5. The van der Waals surface area contributed by atoms with E-state index in [1.807, 2.05) is 31.2 Å². The number of amides is 1. The summed E-state index contributed by atoms with van der Waals surface area (Å²) in [5, 5.41) is 3.52. The molecule has 1 atom stereocenters. The maximum absolute atomic E-state index is 13.6. The minimum Gasteiger partial charge on any atom is -0.487 e. The fourth-order valence-electron chi connectivity index (χ4n) is 4.57. The molecule has 3 aromatic carbocycles. The van der Waals surface area contributed by atoms with Gasteiger partial charge in [-0.05, 0) is 55.7 Å². The van der Waals surface area contributed by atoms with E-state index < -0.39 is 21.5 Å². The van der Waals surface area contributed by atoms with Crippen LogP contribution >= 0.6 is 11.6 Å². The van der Waals surface area contributed by atoms with Crippen molar-refractivity contribution in [1.29, 1.82) is 0 Å². The molecule has 1 heterocycles. The SMILES string of the molecule is CCC1(CC)C[C@@H](NC(=O)CN(c2ccc(C)c(Cl)c2)S(=O)(=O)c2ccccc2)c2ccccc2O1. The van der Waals surface area contributed by atoms with Crippen LogP contribution in [0, 0.1) is 6.92 Å². The van der Waals surface area contributed by atoms with Crippen molar-refractivity contribution in [3.05, 3.63) is 88.9 Å². The molecule has 1 N–H and O–H groups in total. The Hall–Kier alpha value is -3.03. The molecule has 190 valence electrons. The standard InChI is InChI=1S/C28H31ClN2O4S/c1-4-28(5-2)18-25(23-13-9-10-14-26(23)35-28)30-27(32)19-31(21-16-15-20(3)24(29)17-21)36(33,34)22-11-7-6-8-12-22/h6-17,25H,4-5,18-19H2,1-3H3,(H,30,32)/t25-/m1/s1. The third-order valence-corrected chi connectivity index (χ3v) is 9.08. The van der Waals surface area contributed by atoms with Gasteiger partial charge in [0.05, 0.1) is 16.6 Å². The molecule has 8 heteroatoms. The summed E-state index contributed by atoms with van der Waals surface area (Å²) in [6.45, 7) is 5.60. The number of nitrogens with zero attached hydrogens (tertiary/aromatic N) is 1. The number of halogens is 1. The zero-order valence-electron chi connectivity index (χ0n) is 20.7. The van der Waals surface area contributed by atoms with Crippen LogP contribution in [0.15, 0.2) is 77.7 Å². The number of carbonyl (C=O) groups excluding carboxylic acids is 1. The Bertz CT molecular complexity index is 1340. The highest BCUT2D eigenvalue weighted by Gasteiger charge is 2.39. The zero-order valence-corrected chi connectivity index (χ0v) is 22.3. The van der Waals surface area contributed by atoms with Gasteiger partial charge in [0.25, 0.3) is 10.0 Å². The van der Waals surface area contributed by atoms with E-state index in [4.69, 9.17) is 16.3 Å². The van der Waals surface area contributed by atoms with E-state index in [0.29, 0.717) is 17.1 Å². The van der Waals surface area contributed by atoms with E-state index in [-0.39, 0.29) is 17.5 Å². The molecule has 0 spiro atoms. The Morgan fingerprint density at radius 1 is 1.06 bits per heavy atom. The van der Waals surface area contributed by atoms with Crippen molar-refractivity contribution in [2.45, 2.75) is 56.6 Å². The second-order valence-corrected chi connectivity index (χ2v) is 11.4. The van der Waals surface area contributed by atoms with E-state index in [1.54, 1.807) is 36.4 Å². The van der Waals surface area contributed by atoms with Crippen LogP contribution in [0.4, 0.5) is 5.69 Å². The van der Waals surface area contributed by atoms with Crippen LogP contribution in [0.5, 0.6) is 5.75 Å². The number of benzene rings is 3. The Labute approximate surface area is 218 Å². The molecule has 0 saturated heterocycles. The van der Waals surface area contributed by atoms with Crippen LogP contribution in [-0.4, -0.2) is 26.5 Å². The van der Waals surface area contributed by atoms with Gasteiger partial charge in [0.1, 0.15) is 17.9 Å². The number of fused-ring (bicyclic) bond motifs is 1. The topological polar surface area (TPSA) is 75.7 Å². The largest absolute Gasteiger partial charge is 0.487 e. The molecule has 1 amide bonds. The van der Waals surface area contributed by atoms with Gasteiger partial charge in [0.15, 0.2) is 0 Å². The van der Waals surface area contributed by atoms with Crippen LogP contribution < -0.4 is 14.4 Å². The maximum atomic E-state index is 13.6. The number of hydrogen-bond donors (Lipinski definition) is 1. The summed E-state index contributed by atoms with van der Waals surface area (Å²) in [6.07, 6.45) is 2.19. The van der Waals surface area contributed by atoms with Gasteiger partial charge in [-0.2, -0.15) is 0 Å². The lowest BCUT2D eigenvalue weighted by atomic mass is 9.83. The predicted octanol–water partition coefficient (Wildman–Crippen LogP) is 6.04. The van der Waals surface area contributed by atoms with E-state index in [2.05, 4.69) is 19.2 Å². The number of rotatable bonds is 8. The summed E-state index contributed by atoms with van der Waals surface area (Å²) >= 11 is 6.33. The van der Waals surface area contributed by atoms with Gasteiger partial charge in [-0.25, -0.2) is 8.42 Å². The quantitative estimate of drug-likeness (QED) is 0.388. The molecule has 36 heavy (non-hydrogen) atoms. The summed E-state index contributed by atoms with van der Waals surface area (Å²) in [5.41, 5.74) is 1.64. The normalized spacial score (nSPS) is 16.5. The predicted molar refractivity (Wildman–Crippen MR) is 143 cm³/mol. The molecule has 0 bridgehead atoms. The highest BCUT2D eigenvalue weighted by molar-refractivity contribution is 7.92. The first kappa shape index (κ1) is 26.0. The number of para-hydroxylation sites is 1. The van der Waals surface area contributed by atoms with Gasteiger partial charge in [-0.1, -0.05) is 67.9 Å². The molecular formula is C28H31ClN2O4S. The third-order valence-electron chi connectivity index (χ3n) is 6.88. The van der Waals surface area contributed by atoms with E-state index in [0.717, 1.165) is 34.0 Å². The monoisotopic (exact) mass is 526 g/mol. The molecule has 4 rings (SSSR count). The molecule has 0 aromatic heterocycles. The average Bonchev–Trinajstić information content (AvgIpc) is 2.89. The lowest BCUT2D eigenvalue weighted by Gasteiger charge is -2.41. The molecule has 0 unspecified atom stereocenters. The number of nitrogens with one attached hydrogen (secondary N) is 1. The molecule has 0 saturated carbocycles. The molecule has 0 radical (unpaired) electrons. The van der Waals surface area contributed by atoms with Gasteiger partial charge in [0.2, 0.25) is 5.91 Å². The number of aryl methyl sites for hydroxylation is 1. The van der Waals surface area contributed by atoms with E-state index in [9.17, 15) is 13.2 Å². The van der Waals surface area contributed by atoms with E-state index in [1.165, 1.54) is 12.1 Å². The minimum absolute atomic E-state index is 0.0990.